The molecule has 0 bridgehead atoms. The van der Waals surface area contributed by atoms with Crippen LogP contribution in [0, 0.1) is 5.92 Å². The Labute approximate surface area is 106 Å². The second kappa shape index (κ2) is 8.90. The van der Waals surface area contributed by atoms with Crippen LogP contribution in [0.2, 0.25) is 0 Å². The zero-order valence-corrected chi connectivity index (χ0v) is 11.5. The molecule has 1 atom stereocenters. The molecule has 0 aromatic rings. The molecule has 0 spiro atoms. The summed E-state index contributed by atoms with van der Waals surface area (Å²) in [4.78, 5) is 0. The topological polar surface area (TPSA) is 41.5 Å². The van der Waals surface area contributed by atoms with Crippen LogP contribution in [-0.2, 0) is 4.74 Å². The van der Waals surface area contributed by atoms with Crippen LogP contribution in [0.3, 0.4) is 0 Å². The monoisotopic (exact) mass is 243 g/mol. The maximum atomic E-state index is 9.75. The highest BCUT2D eigenvalue weighted by molar-refractivity contribution is 4.66. The first-order valence-electron chi connectivity index (χ1n) is 7.17. The van der Waals surface area contributed by atoms with Crippen molar-refractivity contribution in [2.45, 2.75) is 64.5 Å². The Bertz CT molecular complexity index is 179. The molecule has 3 heteroatoms. The normalized spacial score (nSPS) is 19.8. The molecule has 0 amide bonds. The minimum Gasteiger partial charge on any atom is -0.392 e. The number of aliphatic hydroxyl groups is 1. The summed E-state index contributed by atoms with van der Waals surface area (Å²) in [7, 11) is 0. The van der Waals surface area contributed by atoms with E-state index in [4.69, 9.17) is 4.74 Å². The van der Waals surface area contributed by atoms with Crippen LogP contribution in [-0.4, -0.2) is 37.0 Å². The summed E-state index contributed by atoms with van der Waals surface area (Å²) < 4.78 is 5.35. The number of hydrogen-bond acceptors (Lipinski definition) is 3. The van der Waals surface area contributed by atoms with Gasteiger partial charge in [0.15, 0.2) is 0 Å². The molecule has 2 N–H and O–H groups in total. The molecule has 0 saturated carbocycles. The van der Waals surface area contributed by atoms with Gasteiger partial charge in [-0.3, -0.25) is 0 Å². The van der Waals surface area contributed by atoms with Gasteiger partial charge in [0, 0.05) is 25.8 Å². The molecule has 0 aromatic carbocycles. The minimum absolute atomic E-state index is 0.174. The highest BCUT2D eigenvalue weighted by Gasteiger charge is 2.13. The minimum atomic E-state index is -0.174. The fourth-order valence-corrected chi connectivity index (χ4v) is 2.32. The van der Waals surface area contributed by atoms with Crippen LogP contribution >= 0.6 is 0 Å². The fourth-order valence-electron chi connectivity index (χ4n) is 2.32. The molecule has 0 radical (unpaired) electrons. The summed E-state index contributed by atoms with van der Waals surface area (Å²) in [6, 6.07) is 0.465. The SMILES string of the molecule is CC(C)NCC(O)CCCCC1CCOCC1. The molecule has 3 nitrogen and oxygen atoms in total. The Hall–Kier alpha value is -0.120. The number of hydrogen-bond donors (Lipinski definition) is 2. The molecular weight excluding hydrogens is 214 g/mol. The average molecular weight is 243 g/mol. The van der Waals surface area contributed by atoms with E-state index in [0.717, 1.165) is 38.5 Å². The van der Waals surface area contributed by atoms with Gasteiger partial charge in [-0.05, 0) is 25.2 Å². The summed E-state index contributed by atoms with van der Waals surface area (Å²) in [5, 5.41) is 13.0. The molecule has 1 heterocycles. The highest BCUT2D eigenvalue weighted by atomic mass is 16.5. The second-order valence-corrected chi connectivity index (χ2v) is 5.56. The van der Waals surface area contributed by atoms with E-state index in [2.05, 4.69) is 19.2 Å². The van der Waals surface area contributed by atoms with Crippen molar-refractivity contribution in [2.24, 2.45) is 5.92 Å². The molecule has 1 saturated heterocycles. The standard InChI is InChI=1S/C14H29NO2/c1-12(2)15-11-14(16)6-4-3-5-13-7-9-17-10-8-13/h12-16H,3-11H2,1-2H3. The zero-order chi connectivity index (χ0) is 12.5. The average Bonchev–Trinajstić information content (AvgIpc) is 2.33. The van der Waals surface area contributed by atoms with Crippen LogP contribution in [0.4, 0.5) is 0 Å². The molecule has 1 aliphatic heterocycles. The third kappa shape index (κ3) is 7.74. The van der Waals surface area contributed by atoms with Gasteiger partial charge in [0.1, 0.15) is 0 Å². The Morgan fingerprint density at radius 2 is 1.94 bits per heavy atom. The number of aliphatic hydroxyl groups excluding tert-OH is 1. The van der Waals surface area contributed by atoms with Crippen molar-refractivity contribution >= 4 is 0 Å². The maximum absolute atomic E-state index is 9.75. The van der Waals surface area contributed by atoms with Gasteiger partial charge in [0.2, 0.25) is 0 Å². The Kier molecular flexibility index (Phi) is 7.82. The fraction of sp³-hybridized carbons (Fsp3) is 1.00. The molecule has 1 aliphatic rings. The van der Waals surface area contributed by atoms with Crippen LogP contribution in [0.25, 0.3) is 0 Å². The van der Waals surface area contributed by atoms with Crippen molar-refractivity contribution in [3.8, 4) is 0 Å². The second-order valence-electron chi connectivity index (χ2n) is 5.56. The van der Waals surface area contributed by atoms with E-state index >= 15 is 0 Å². The van der Waals surface area contributed by atoms with Gasteiger partial charge in [-0.2, -0.15) is 0 Å². The van der Waals surface area contributed by atoms with E-state index in [1.54, 1.807) is 0 Å². The largest absolute Gasteiger partial charge is 0.392 e. The predicted octanol–water partition coefficient (Wildman–Crippen LogP) is 2.33. The summed E-state index contributed by atoms with van der Waals surface area (Å²) in [5.74, 6) is 0.870. The van der Waals surface area contributed by atoms with Crippen molar-refractivity contribution < 1.29 is 9.84 Å². The van der Waals surface area contributed by atoms with E-state index in [1.165, 1.54) is 25.7 Å². The van der Waals surface area contributed by atoms with E-state index in [1.807, 2.05) is 0 Å². The highest BCUT2D eigenvalue weighted by Crippen LogP contribution is 2.21. The maximum Gasteiger partial charge on any atom is 0.0664 e. The Morgan fingerprint density at radius 1 is 1.24 bits per heavy atom. The van der Waals surface area contributed by atoms with Gasteiger partial charge in [0.25, 0.3) is 0 Å². The molecule has 17 heavy (non-hydrogen) atoms. The van der Waals surface area contributed by atoms with Crippen molar-refractivity contribution in [1.82, 2.24) is 5.32 Å². The first-order chi connectivity index (χ1) is 8.18. The summed E-state index contributed by atoms with van der Waals surface area (Å²) in [5.41, 5.74) is 0. The summed E-state index contributed by atoms with van der Waals surface area (Å²) in [6.07, 6.45) is 6.94. The molecule has 1 rings (SSSR count). The Balaban J connectivity index is 1.92. The molecule has 0 aromatic heterocycles. The quantitative estimate of drug-likeness (QED) is 0.643. The molecular formula is C14H29NO2. The smallest absolute Gasteiger partial charge is 0.0664 e. The molecule has 1 fully saturated rings. The lowest BCUT2D eigenvalue weighted by molar-refractivity contribution is 0.0626. The van der Waals surface area contributed by atoms with E-state index < -0.39 is 0 Å². The summed E-state index contributed by atoms with van der Waals surface area (Å²) >= 11 is 0. The van der Waals surface area contributed by atoms with Gasteiger partial charge in [-0.1, -0.05) is 33.1 Å². The van der Waals surface area contributed by atoms with Crippen molar-refractivity contribution in [1.29, 1.82) is 0 Å². The van der Waals surface area contributed by atoms with Crippen LogP contribution < -0.4 is 5.32 Å². The van der Waals surface area contributed by atoms with Crippen molar-refractivity contribution in [3.05, 3.63) is 0 Å². The number of nitrogens with one attached hydrogen (secondary N) is 1. The van der Waals surface area contributed by atoms with Gasteiger partial charge < -0.3 is 15.2 Å². The number of rotatable bonds is 8. The molecule has 1 unspecified atom stereocenters. The van der Waals surface area contributed by atoms with Gasteiger partial charge in [0.05, 0.1) is 6.10 Å². The van der Waals surface area contributed by atoms with Crippen molar-refractivity contribution in [3.63, 3.8) is 0 Å². The third-order valence-electron chi connectivity index (χ3n) is 3.50. The first kappa shape index (κ1) is 14.9. The first-order valence-corrected chi connectivity index (χ1v) is 7.17. The van der Waals surface area contributed by atoms with Gasteiger partial charge in [-0.25, -0.2) is 0 Å². The number of unbranched alkanes of at least 4 members (excludes halogenated alkanes) is 1. The number of ether oxygens (including phenoxy) is 1. The van der Waals surface area contributed by atoms with Crippen LogP contribution in [0.15, 0.2) is 0 Å². The van der Waals surface area contributed by atoms with Crippen LogP contribution in [0.5, 0.6) is 0 Å². The Morgan fingerprint density at radius 3 is 2.59 bits per heavy atom. The summed E-state index contributed by atoms with van der Waals surface area (Å²) in [6.45, 7) is 6.85. The van der Waals surface area contributed by atoms with Gasteiger partial charge >= 0.3 is 0 Å². The lowest BCUT2D eigenvalue weighted by atomic mass is 9.93. The third-order valence-corrected chi connectivity index (χ3v) is 3.50. The van der Waals surface area contributed by atoms with E-state index in [0.29, 0.717) is 6.04 Å². The van der Waals surface area contributed by atoms with E-state index in [-0.39, 0.29) is 6.10 Å². The molecule has 0 aliphatic carbocycles. The van der Waals surface area contributed by atoms with Crippen LogP contribution in [0.1, 0.15) is 52.4 Å². The zero-order valence-electron chi connectivity index (χ0n) is 11.5. The van der Waals surface area contributed by atoms with Gasteiger partial charge in [-0.15, -0.1) is 0 Å². The molecule has 102 valence electrons. The van der Waals surface area contributed by atoms with E-state index in [9.17, 15) is 5.11 Å². The lowest BCUT2D eigenvalue weighted by Crippen LogP contribution is -2.31. The lowest BCUT2D eigenvalue weighted by Gasteiger charge is -2.22. The van der Waals surface area contributed by atoms with Crippen molar-refractivity contribution in [2.75, 3.05) is 19.8 Å². The predicted molar refractivity (Wildman–Crippen MR) is 71.2 cm³/mol.